The fourth-order valence-electron chi connectivity index (χ4n) is 4.06. The van der Waals surface area contributed by atoms with E-state index < -0.39 is 5.54 Å². The summed E-state index contributed by atoms with van der Waals surface area (Å²) in [5.74, 6) is 1.37. The van der Waals surface area contributed by atoms with Crippen LogP contribution in [0.5, 0.6) is 11.5 Å². The summed E-state index contributed by atoms with van der Waals surface area (Å²) in [5.41, 5.74) is 2.73. The number of hydrogen-bond donors (Lipinski definition) is 0. The van der Waals surface area contributed by atoms with Gasteiger partial charge in [0.2, 0.25) is 0 Å². The zero-order valence-electron chi connectivity index (χ0n) is 17.6. The van der Waals surface area contributed by atoms with Crippen LogP contribution in [0.3, 0.4) is 0 Å². The van der Waals surface area contributed by atoms with Crippen molar-refractivity contribution < 1.29 is 14.3 Å². The van der Waals surface area contributed by atoms with E-state index in [2.05, 4.69) is 4.98 Å². The minimum atomic E-state index is -0.770. The lowest BCUT2D eigenvalue weighted by Crippen LogP contribution is -2.45. The van der Waals surface area contributed by atoms with Gasteiger partial charge < -0.3 is 14.4 Å². The molecule has 2 heterocycles. The third-order valence-corrected chi connectivity index (χ3v) is 5.63. The largest absolute Gasteiger partial charge is 0.490 e. The van der Waals surface area contributed by atoms with E-state index in [4.69, 9.17) is 9.47 Å². The predicted molar refractivity (Wildman–Crippen MR) is 116 cm³/mol. The molecule has 30 heavy (non-hydrogen) atoms. The van der Waals surface area contributed by atoms with Gasteiger partial charge in [-0.25, -0.2) is 0 Å². The predicted octanol–water partition coefficient (Wildman–Crippen LogP) is 4.80. The molecule has 1 unspecified atom stereocenters. The monoisotopic (exact) mass is 402 g/mol. The average molecular weight is 402 g/mol. The van der Waals surface area contributed by atoms with Gasteiger partial charge in [0.15, 0.2) is 11.5 Å². The van der Waals surface area contributed by atoms with Crippen LogP contribution < -0.4 is 9.47 Å². The standard InChI is InChI=1S/C25H26N2O3/c1-4-29-21-14-13-19(16-22(21)30-5-2)25(3,23-12-8-9-15-26-23)27-17-18-10-6-7-11-20(18)24(27)28/h6-16H,4-5,17H2,1-3H3. The summed E-state index contributed by atoms with van der Waals surface area (Å²) < 4.78 is 11.6. The third-order valence-electron chi connectivity index (χ3n) is 5.63. The van der Waals surface area contributed by atoms with Crippen molar-refractivity contribution in [3.63, 3.8) is 0 Å². The van der Waals surface area contributed by atoms with E-state index in [-0.39, 0.29) is 5.91 Å². The second-order valence-electron chi connectivity index (χ2n) is 7.36. The molecular weight excluding hydrogens is 376 g/mol. The Morgan fingerprint density at radius 2 is 1.70 bits per heavy atom. The topological polar surface area (TPSA) is 51.7 Å². The number of rotatable bonds is 7. The Labute approximate surface area is 177 Å². The Balaban J connectivity index is 1.86. The van der Waals surface area contributed by atoms with Crippen LogP contribution in [-0.2, 0) is 12.1 Å². The van der Waals surface area contributed by atoms with Crippen molar-refractivity contribution in [2.24, 2.45) is 0 Å². The highest BCUT2D eigenvalue weighted by molar-refractivity contribution is 5.99. The first-order valence-electron chi connectivity index (χ1n) is 10.3. The van der Waals surface area contributed by atoms with Crippen LogP contribution in [0.4, 0.5) is 0 Å². The van der Waals surface area contributed by atoms with Gasteiger partial charge in [-0.2, -0.15) is 0 Å². The van der Waals surface area contributed by atoms with Crippen LogP contribution in [-0.4, -0.2) is 29.0 Å². The molecule has 0 radical (unpaired) electrons. The van der Waals surface area contributed by atoms with Gasteiger partial charge in [0.25, 0.3) is 5.91 Å². The maximum Gasteiger partial charge on any atom is 0.255 e. The Morgan fingerprint density at radius 1 is 0.967 bits per heavy atom. The molecule has 3 aromatic rings. The van der Waals surface area contributed by atoms with Crippen LogP contribution in [0.15, 0.2) is 66.9 Å². The summed E-state index contributed by atoms with van der Waals surface area (Å²) >= 11 is 0. The van der Waals surface area contributed by atoms with Gasteiger partial charge in [-0.05, 0) is 62.2 Å². The number of aromatic nitrogens is 1. The molecule has 0 fully saturated rings. The van der Waals surface area contributed by atoms with Crippen molar-refractivity contribution >= 4 is 5.91 Å². The van der Waals surface area contributed by atoms with Crippen LogP contribution in [0, 0.1) is 0 Å². The molecular formula is C25H26N2O3. The molecule has 0 saturated carbocycles. The zero-order chi connectivity index (χ0) is 21.1. The zero-order valence-corrected chi connectivity index (χ0v) is 17.6. The van der Waals surface area contributed by atoms with Gasteiger partial charge in [-0.15, -0.1) is 0 Å². The molecule has 154 valence electrons. The molecule has 0 bridgehead atoms. The molecule has 1 atom stereocenters. The first-order chi connectivity index (χ1) is 14.6. The molecule has 1 aliphatic heterocycles. The number of nitrogens with zero attached hydrogens (tertiary/aromatic N) is 2. The molecule has 5 nitrogen and oxygen atoms in total. The van der Waals surface area contributed by atoms with E-state index in [1.54, 1.807) is 6.20 Å². The fourth-order valence-corrected chi connectivity index (χ4v) is 4.06. The highest BCUT2D eigenvalue weighted by atomic mass is 16.5. The van der Waals surface area contributed by atoms with Gasteiger partial charge in [-0.3, -0.25) is 9.78 Å². The van der Waals surface area contributed by atoms with Crippen LogP contribution in [0.1, 0.15) is 48.0 Å². The molecule has 0 aliphatic carbocycles. The summed E-state index contributed by atoms with van der Waals surface area (Å²) in [6.45, 7) is 7.54. The van der Waals surface area contributed by atoms with Gasteiger partial charge >= 0.3 is 0 Å². The first kappa shape index (κ1) is 20.0. The Bertz CT molecular complexity index is 1050. The average Bonchev–Trinajstić information content (AvgIpc) is 3.12. The van der Waals surface area contributed by atoms with Crippen molar-refractivity contribution in [3.05, 3.63) is 89.2 Å². The minimum Gasteiger partial charge on any atom is -0.490 e. The molecule has 5 heteroatoms. The molecule has 0 N–H and O–H groups in total. The number of carbonyl (C=O) groups excluding carboxylic acids is 1. The van der Waals surface area contributed by atoms with Crippen LogP contribution >= 0.6 is 0 Å². The fraction of sp³-hybridized carbons (Fsp3) is 0.280. The van der Waals surface area contributed by atoms with Crippen molar-refractivity contribution in [3.8, 4) is 11.5 Å². The molecule has 1 aromatic heterocycles. The molecule has 0 saturated heterocycles. The molecule has 2 aromatic carbocycles. The SMILES string of the molecule is CCOc1ccc(C(C)(c2ccccn2)N2Cc3ccccc3C2=O)cc1OCC. The second-order valence-corrected chi connectivity index (χ2v) is 7.36. The van der Waals surface area contributed by atoms with E-state index in [1.165, 1.54) is 0 Å². The van der Waals surface area contributed by atoms with Crippen molar-refractivity contribution in [2.75, 3.05) is 13.2 Å². The summed E-state index contributed by atoms with van der Waals surface area (Å²) in [4.78, 5) is 19.9. The summed E-state index contributed by atoms with van der Waals surface area (Å²) in [7, 11) is 0. The number of hydrogen-bond acceptors (Lipinski definition) is 4. The number of amides is 1. The second kappa shape index (κ2) is 8.19. The Morgan fingerprint density at radius 3 is 2.40 bits per heavy atom. The van der Waals surface area contributed by atoms with Gasteiger partial charge in [-0.1, -0.05) is 30.3 Å². The van der Waals surface area contributed by atoms with Crippen LogP contribution in [0.25, 0.3) is 0 Å². The lowest BCUT2D eigenvalue weighted by molar-refractivity contribution is 0.0600. The number of pyridine rings is 1. The lowest BCUT2D eigenvalue weighted by atomic mass is 9.85. The summed E-state index contributed by atoms with van der Waals surface area (Å²) in [6.07, 6.45) is 1.76. The number of benzene rings is 2. The summed E-state index contributed by atoms with van der Waals surface area (Å²) in [5, 5.41) is 0. The summed E-state index contributed by atoms with van der Waals surface area (Å²) in [6, 6.07) is 19.5. The van der Waals surface area contributed by atoms with Gasteiger partial charge in [0, 0.05) is 18.3 Å². The van der Waals surface area contributed by atoms with Crippen LogP contribution in [0.2, 0.25) is 0 Å². The number of carbonyl (C=O) groups is 1. The highest BCUT2D eigenvalue weighted by Crippen LogP contribution is 2.42. The van der Waals surface area contributed by atoms with E-state index in [0.717, 1.165) is 22.4 Å². The maximum absolute atomic E-state index is 13.4. The Hall–Kier alpha value is -3.34. The molecule has 1 amide bonds. The highest BCUT2D eigenvalue weighted by Gasteiger charge is 2.44. The van der Waals surface area contributed by atoms with E-state index in [1.807, 2.05) is 86.3 Å². The number of ether oxygens (including phenoxy) is 2. The molecule has 4 rings (SSSR count). The quantitative estimate of drug-likeness (QED) is 0.570. The van der Waals surface area contributed by atoms with Gasteiger partial charge in [0.1, 0.15) is 5.54 Å². The van der Waals surface area contributed by atoms with E-state index >= 15 is 0 Å². The van der Waals surface area contributed by atoms with Crippen molar-refractivity contribution in [1.29, 1.82) is 0 Å². The smallest absolute Gasteiger partial charge is 0.255 e. The van der Waals surface area contributed by atoms with Crippen molar-refractivity contribution in [2.45, 2.75) is 32.9 Å². The molecule has 0 spiro atoms. The normalized spacial score (nSPS) is 14.9. The number of fused-ring (bicyclic) bond motifs is 1. The maximum atomic E-state index is 13.4. The first-order valence-corrected chi connectivity index (χ1v) is 10.3. The molecule has 1 aliphatic rings. The minimum absolute atomic E-state index is 0.00518. The van der Waals surface area contributed by atoms with E-state index in [9.17, 15) is 4.79 Å². The Kier molecular flexibility index (Phi) is 5.44. The van der Waals surface area contributed by atoms with E-state index in [0.29, 0.717) is 31.3 Å². The van der Waals surface area contributed by atoms with Crippen molar-refractivity contribution in [1.82, 2.24) is 9.88 Å². The third kappa shape index (κ3) is 3.30. The lowest BCUT2D eigenvalue weighted by Gasteiger charge is -2.39. The van der Waals surface area contributed by atoms with Gasteiger partial charge in [0.05, 0.1) is 18.9 Å².